The molecule has 3 rings (SSSR count). The van der Waals surface area contributed by atoms with Crippen LogP contribution in [0.15, 0.2) is 48.5 Å². The molecule has 0 heterocycles. The first-order chi connectivity index (χ1) is 11.3. The van der Waals surface area contributed by atoms with E-state index in [1.807, 2.05) is 0 Å². The fraction of sp³-hybridized carbons (Fsp3) is 0.364. The van der Waals surface area contributed by atoms with Crippen molar-refractivity contribution in [3.63, 3.8) is 0 Å². The maximum atomic E-state index is 6.43. The molecular formula is C22H27N. The topological polar surface area (TPSA) is 26.0 Å². The summed E-state index contributed by atoms with van der Waals surface area (Å²) in [5.41, 5.74) is 8.76. The molecule has 1 nitrogen and oxygen atoms in total. The van der Waals surface area contributed by atoms with Crippen molar-refractivity contribution in [1.82, 2.24) is 0 Å². The van der Waals surface area contributed by atoms with Crippen molar-refractivity contribution in [2.24, 2.45) is 0 Å². The fourth-order valence-electron chi connectivity index (χ4n) is 3.41. The molecule has 0 fully saturated rings. The monoisotopic (exact) mass is 305 g/mol. The number of nitrogens with two attached hydrogens (primary N) is 1. The molecule has 0 spiro atoms. The van der Waals surface area contributed by atoms with Crippen molar-refractivity contribution in [3.05, 3.63) is 54.1 Å². The number of aryl methyl sites for hydroxylation is 1. The number of nitrogen functional groups attached to an aromatic ring is 1. The SMILES string of the molecule is CCCCCCCCc1ccc2cc3ccccc3c(N)c2c1. The number of hydrogen-bond donors (Lipinski definition) is 1. The van der Waals surface area contributed by atoms with Crippen LogP contribution in [0.4, 0.5) is 5.69 Å². The van der Waals surface area contributed by atoms with Gasteiger partial charge in [-0.2, -0.15) is 0 Å². The van der Waals surface area contributed by atoms with Gasteiger partial charge in [0.15, 0.2) is 0 Å². The van der Waals surface area contributed by atoms with Crippen LogP contribution in [0.25, 0.3) is 21.5 Å². The van der Waals surface area contributed by atoms with E-state index in [1.54, 1.807) is 0 Å². The van der Waals surface area contributed by atoms with Gasteiger partial charge in [0.1, 0.15) is 0 Å². The summed E-state index contributed by atoms with van der Waals surface area (Å²) in [6, 6.07) is 17.4. The summed E-state index contributed by atoms with van der Waals surface area (Å²) in [5, 5.41) is 4.83. The number of rotatable bonds is 7. The zero-order valence-corrected chi connectivity index (χ0v) is 14.1. The highest BCUT2D eigenvalue weighted by molar-refractivity contribution is 6.10. The quantitative estimate of drug-likeness (QED) is 0.302. The summed E-state index contributed by atoms with van der Waals surface area (Å²) in [7, 11) is 0. The van der Waals surface area contributed by atoms with Crippen molar-refractivity contribution < 1.29 is 0 Å². The second kappa shape index (κ2) is 7.50. The van der Waals surface area contributed by atoms with Crippen LogP contribution in [0.1, 0.15) is 51.0 Å². The van der Waals surface area contributed by atoms with E-state index in [0.29, 0.717) is 0 Å². The minimum absolute atomic E-state index is 0.919. The maximum Gasteiger partial charge on any atom is 0.0473 e. The molecule has 2 N–H and O–H groups in total. The third-order valence-corrected chi connectivity index (χ3v) is 4.79. The number of fused-ring (bicyclic) bond motifs is 2. The van der Waals surface area contributed by atoms with Gasteiger partial charge in [-0.3, -0.25) is 0 Å². The van der Waals surface area contributed by atoms with E-state index in [2.05, 4.69) is 55.5 Å². The van der Waals surface area contributed by atoms with E-state index >= 15 is 0 Å². The smallest absolute Gasteiger partial charge is 0.0473 e. The minimum atomic E-state index is 0.919. The third kappa shape index (κ3) is 3.67. The Hall–Kier alpha value is -2.02. The highest BCUT2D eigenvalue weighted by atomic mass is 14.6. The summed E-state index contributed by atoms with van der Waals surface area (Å²) < 4.78 is 0. The lowest BCUT2D eigenvalue weighted by molar-refractivity contribution is 0.607. The summed E-state index contributed by atoms with van der Waals surface area (Å²) in [4.78, 5) is 0. The van der Waals surface area contributed by atoms with Crippen LogP contribution in [-0.4, -0.2) is 0 Å². The van der Waals surface area contributed by atoms with Gasteiger partial charge < -0.3 is 5.73 Å². The predicted molar refractivity (Wildman–Crippen MR) is 103 cm³/mol. The van der Waals surface area contributed by atoms with Crippen molar-refractivity contribution in [2.45, 2.75) is 51.9 Å². The van der Waals surface area contributed by atoms with E-state index in [1.165, 1.54) is 60.2 Å². The van der Waals surface area contributed by atoms with Gasteiger partial charge in [0.25, 0.3) is 0 Å². The van der Waals surface area contributed by atoms with Crippen LogP contribution >= 0.6 is 0 Å². The molecule has 1 heteroatoms. The van der Waals surface area contributed by atoms with Gasteiger partial charge in [-0.1, -0.05) is 75.4 Å². The van der Waals surface area contributed by atoms with Crippen LogP contribution in [-0.2, 0) is 6.42 Å². The highest BCUT2D eigenvalue weighted by Crippen LogP contribution is 2.31. The molecule has 0 unspecified atom stereocenters. The molecular weight excluding hydrogens is 278 g/mol. The molecule has 0 radical (unpaired) electrons. The van der Waals surface area contributed by atoms with Crippen molar-refractivity contribution in [3.8, 4) is 0 Å². The van der Waals surface area contributed by atoms with Crippen LogP contribution in [0.5, 0.6) is 0 Å². The minimum Gasteiger partial charge on any atom is -0.398 e. The largest absolute Gasteiger partial charge is 0.398 e. The predicted octanol–water partition coefficient (Wildman–Crippen LogP) is 6.48. The Morgan fingerprint density at radius 2 is 1.48 bits per heavy atom. The molecule has 120 valence electrons. The van der Waals surface area contributed by atoms with Gasteiger partial charge >= 0.3 is 0 Å². The molecule has 0 atom stereocenters. The highest BCUT2D eigenvalue weighted by Gasteiger charge is 2.05. The number of hydrogen-bond acceptors (Lipinski definition) is 1. The van der Waals surface area contributed by atoms with E-state index < -0.39 is 0 Å². The first-order valence-corrected chi connectivity index (χ1v) is 8.99. The second-order valence-corrected chi connectivity index (χ2v) is 6.58. The average molecular weight is 305 g/mol. The molecule has 0 amide bonds. The third-order valence-electron chi connectivity index (χ3n) is 4.79. The first-order valence-electron chi connectivity index (χ1n) is 8.99. The molecule has 3 aromatic carbocycles. The van der Waals surface area contributed by atoms with E-state index in [4.69, 9.17) is 5.73 Å². The van der Waals surface area contributed by atoms with Gasteiger partial charge in [0.05, 0.1) is 0 Å². The van der Waals surface area contributed by atoms with Crippen LogP contribution < -0.4 is 5.73 Å². The lowest BCUT2D eigenvalue weighted by Crippen LogP contribution is -1.92. The van der Waals surface area contributed by atoms with E-state index in [0.717, 1.165) is 17.5 Å². The Labute approximate surface area is 139 Å². The fourth-order valence-corrected chi connectivity index (χ4v) is 3.41. The lowest BCUT2D eigenvalue weighted by atomic mass is 9.97. The molecule has 0 bridgehead atoms. The Morgan fingerprint density at radius 3 is 2.35 bits per heavy atom. The van der Waals surface area contributed by atoms with Gasteiger partial charge in [-0.15, -0.1) is 0 Å². The molecule has 23 heavy (non-hydrogen) atoms. The number of benzene rings is 3. The van der Waals surface area contributed by atoms with Gasteiger partial charge in [-0.25, -0.2) is 0 Å². The van der Waals surface area contributed by atoms with Crippen LogP contribution in [0.3, 0.4) is 0 Å². The first kappa shape index (κ1) is 15.9. The zero-order valence-electron chi connectivity index (χ0n) is 14.1. The molecule has 3 aromatic rings. The summed E-state index contributed by atoms with van der Waals surface area (Å²) in [6.45, 7) is 2.27. The van der Waals surface area contributed by atoms with E-state index in [9.17, 15) is 0 Å². The van der Waals surface area contributed by atoms with Gasteiger partial charge in [-0.05, 0) is 41.3 Å². The normalized spacial score (nSPS) is 11.3. The Kier molecular flexibility index (Phi) is 5.17. The summed E-state index contributed by atoms with van der Waals surface area (Å²) >= 11 is 0. The standard InChI is InChI=1S/C22H27N/c1-2-3-4-5-6-7-10-17-13-14-19-16-18-11-8-9-12-20(18)22(23)21(19)15-17/h8-9,11-16H,2-7,10,23H2,1H3. The Balaban J connectivity index is 1.76. The van der Waals surface area contributed by atoms with Crippen molar-refractivity contribution in [2.75, 3.05) is 5.73 Å². The Morgan fingerprint density at radius 1 is 0.739 bits per heavy atom. The van der Waals surface area contributed by atoms with Crippen LogP contribution in [0.2, 0.25) is 0 Å². The molecule has 0 saturated carbocycles. The summed E-state index contributed by atoms with van der Waals surface area (Å²) in [5.74, 6) is 0. The lowest BCUT2D eigenvalue weighted by Gasteiger charge is -2.09. The molecule has 0 aliphatic carbocycles. The maximum absolute atomic E-state index is 6.43. The van der Waals surface area contributed by atoms with Crippen molar-refractivity contribution >= 4 is 27.2 Å². The van der Waals surface area contributed by atoms with Gasteiger partial charge in [0.2, 0.25) is 0 Å². The molecule has 0 saturated heterocycles. The van der Waals surface area contributed by atoms with Crippen molar-refractivity contribution in [1.29, 1.82) is 0 Å². The van der Waals surface area contributed by atoms with Crippen LogP contribution in [0, 0.1) is 0 Å². The van der Waals surface area contributed by atoms with Gasteiger partial charge in [0, 0.05) is 16.5 Å². The summed E-state index contributed by atoms with van der Waals surface area (Å²) in [6.07, 6.45) is 9.22. The second-order valence-electron chi connectivity index (χ2n) is 6.58. The number of unbranched alkanes of at least 4 members (excludes halogenated alkanes) is 5. The Bertz CT molecular complexity index is 788. The molecule has 0 aliphatic heterocycles. The molecule has 0 aliphatic rings. The number of anilines is 1. The average Bonchev–Trinajstić information content (AvgIpc) is 2.59. The molecule has 0 aromatic heterocycles. The zero-order chi connectivity index (χ0) is 16.1. The van der Waals surface area contributed by atoms with E-state index in [-0.39, 0.29) is 0 Å².